The number of nitrogens with zero attached hydrogens (tertiary/aromatic N) is 1. The number of fused-ring (bicyclic) bond motifs is 1. The third-order valence-electron chi connectivity index (χ3n) is 4.54. The molecule has 156 valence electrons. The van der Waals surface area contributed by atoms with Crippen LogP contribution in [0.15, 0.2) is 76.0 Å². The van der Waals surface area contributed by atoms with Gasteiger partial charge >= 0.3 is 0 Å². The highest BCUT2D eigenvalue weighted by Gasteiger charge is 2.12. The molecule has 0 fully saturated rings. The van der Waals surface area contributed by atoms with Crippen molar-refractivity contribution in [1.82, 2.24) is 9.97 Å². The van der Waals surface area contributed by atoms with Gasteiger partial charge in [-0.15, -0.1) is 0 Å². The molecule has 0 saturated carbocycles. The van der Waals surface area contributed by atoms with Crippen molar-refractivity contribution >= 4 is 38.4 Å². The third kappa shape index (κ3) is 4.75. The molecule has 4 aromatic rings. The van der Waals surface area contributed by atoms with Crippen molar-refractivity contribution in [1.29, 1.82) is 0 Å². The fourth-order valence-electron chi connectivity index (χ4n) is 3.03. The van der Waals surface area contributed by atoms with E-state index in [1.165, 1.54) is 7.11 Å². The Morgan fingerprint density at radius 3 is 2.61 bits per heavy atom. The highest BCUT2D eigenvalue weighted by molar-refractivity contribution is 9.10. The van der Waals surface area contributed by atoms with Gasteiger partial charge in [0.15, 0.2) is 18.1 Å². The lowest BCUT2D eigenvalue weighted by molar-refractivity contribution is -0.118. The van der Waals surface area contributed by atoms with Gasteiger partial charge in [-0.3, -0.25) is 9.59 Å². The van der Waals surface area contributed by atoms with E-state index in [9.17, 15) is 9.59 Å². The van der Waals surface area contributed by atoms with Crippen LogP contribution in [0.1, 0.15) is 0 Å². The lowest BCUT2D eigenvalue weighted by Crippen LogP contribution is -2.20. The number of hydrogen-bond acceptors (Lipinski definition) is 5. The first-order chi connectivity index (χ1) is 15.0. The first-order valence-electron chi connectivity index (χ1n) is 9.39. The Kier molecular flexibility index (Phi) is 5.99. The van der Waals surface area contributed by atoms with Crippen molar-refractivity contribution in [3.8, 4) is 22.9 Å². The smallest absolute Gasteiger partial charge is 0.262 e. The molecule has 1 heterocycles. The second-order valence-corrected chi connectivity index (χ2v) is 7.56. The Hall–Kier alpha value is -3.65. The standard InChI is InChI=1S/C23H18BrN3O4/c1-30-20-12-14(22-26-18-5-3-2-4-17(18)23(29)27-22)6-11-19(20)31-13-21(28)25-16-9-7-15(24)8-10-16/h2-12H,13H2,1H3,(H,25,28)(H,26,27,29). The van der Waals surface area contributed by atoms with Gasteiger partial charge in [-0.25, -0.2) is 4.98 Å². The normalized spacial score (nSPS) is 10.6. The van der Waals surface area contributed by atoms with Crippen LogP contribution in [-0.2, 0) is 4.79 Å². The van der Waals surface area contributed by atoms with Gasteiger partial charge in [0.1, 0.15) is 5.82 Å². The number of halogens is 1. The Balaban J connectivity index is 1.51. The third-order valence-corrected chi connectivity index (χ3v) is 5.07. The number of hydrogen-bond donors (Lipinski definition) is 2. The summed E-state index contributed by atoms with van der Waals surface area (Å²) in [6.07, 6.45) is 0. The van der Waals surface area contributed by atoms with Crippen molar-refractivity contribution in [2.75, 3.05) is 19.0 Å². The monoisotopic (exact) mass is 479 g/mol. The van der Waals surface area contributed by atoms with Crippen LogP contribution in [0.25, 0.3) is 22.3 Å². The summed E-state index contributed by atoms with van der Waals surface area (Å²) in [7, 11) is 1.50. The SMILES string of the molecule is COc1cc(-c2nc3ccccc3c(=O)[nH]2)ccc1OCC(=O)Nc1ccc(Br)cc1. The number of benzene rings is 3. The molecule has 0 unspecified atom stereocenters. The van der Waals surface area contributed by atoms with Crippen LogP contribution in [0.5, 0.6) is 11.5 Å². The highest BCUT2D eigenvalue weighted by Crippen LogP contribution is 2.31. The molecule has 31 heavy (non-hydrogen) atoms. The molecule has 0 aliphatic rings. The number of aromatic nitrogens is 2. The summed E-state index contributed by atoms with van der Waals surface area (Å²) < 4.78 is 12.0. The first kappa shape index (κ1) is 20.6. The molecule has 0 saturated heterocycles. The van der Waals surface area contributed by atoms with E-state index in [-0.39, 0.29) is 18.1 Å². The molecular formula is C23H18BrN3O4. The van der Waals surface area contributed by atoms with Crippen LogP contribution < -0.4 is 20.3 Å². The first-order valence-corrected chi connectivity index (χ1v) is 10.2. The maximum absolute atomic E-state index is 12.3. The van der Waals surface area contributed by atoms with Gasteiger partial charge in [-0.1, -0.05) is 28.1 Å². The quantitative estimate of drug-likeness (QED) is 0.428. The number of ether oxygens (including phenoxy) is 2. The minimum absolute atomic E-state index is 0.184. The summed E-state index contributed by atoms with van der Waals surface area (Å²) in [6, 6.07) is 19.5. The Morgan fingerprint density at radius 2 is 1.84 bits per heavy atom. The zero-order chi connectivity index (χ0) is 21.8. The maximum Gasteiger partial charge on any atom is 0.262 e. The van der Waals surface area contributed by atoms with Crippen LogP contribution in [0.2, 0.25) is 0 Å². The van der Waals surface area contributed by atoms with Crippen LogP contribution in [0.4, 0.5) is 5.69 Å². The molecule has 1 aromatic heterocycles. The van der Waals surface area contributed by atoms with Gasteiger partial charge in [0.05, 0.1) is 18.0 Å². The van der Waals surface area contributed by atoms with Crippen molar-refractivity contribution in [2.45, 2.75) is 0 Å². The van der Waals surface area contributed by atoms with Gasteiger partial charge in [-0.05, 0) is 54.6 Å². The molecule has 0 aliphatic carbocycles. The Morgan fingerprint density at radius 1 is 1.06 bits per heavy atom. The molecule has 0 aliphatic heterocycles. The molecule has 0 radical (unpaired) electrons. The van der Waals surface area contributed by atoms with E-state index in [2.05, 4.69) is 31.2 Å². The van der Waals surface area contributed by atoms with Crippen LogP contribution in [0.3, 0.4) is 0 Å². The molecule has 7 nitrogen and oxygen atoms in total. The van der Waals surface area contributed by atoms with Gasteiger partial charge in [-0.2, -0.15) is 0 Å². The number of H-pyrrole nitrogens is 1. The van der Waals surface area contributed by atoms with E-state index >= 15 is 0 Å². The zero-order valence-corrected chi connectivity index (χ0v) is 18.1. The number of para-hydroxylation sites is 1. The lowest BCUT2D eigenvalue weighted by Gasteiger charge is -2.12. The Labute approximate surface area is 186 Å². The van der Waals surface area contributed by atoms with E-state index in [1.807, 2.05) is 18.2 Å². The summed E-state index contributed by atoms with van der Waals surface area (Å²) >= 11 is 3.35. The zero-order valence-electron chi connectivity index (χ0n) is 16.5. The average Bonchev–Trinajstić information content (AvgIpc) is 2.79. The molecule has 0 bridgehead atoms. The number of carbonyl (C=O) groups is 1. The van der Waals surface area contributed by atoms with E-state index in [4.69, 9.17) is 9.47 Å². The van der Waals surface area contributed by atoms with Crippen LogP contribution in [-0.4, -0.2) is 29.6 Å². The van der Waals surface area contributed by atoms with Crippen molar-refractivity contribution in [3.63, 3.8) is 0 Å². The van der Waals surface area contributed by atoms with Gasteiger partial charge in [0.2, 0.25) is 0 Å². The highest BCUT2D eigenvalue weighted by atomic mass is 79.9. The van der Waals surface area contributed by atoms with E-state index in [0.29, 0.717) is 39.5 Å². The second kappa shape index (κ2) is 9.01. The van der Waals surface area contributed by atoms with E-state index in [1.54, 1.807) is 48.5 Å². The fourth-order valence-corrected chi connectivity index (χ4v) is 3.30. The minimum atomic E-state index is -0.297. The van der Waals surface area contributed by atoms with E-state index < -0.39 is 0 Å². The largest absolute Gasteiger partial charge is 0.493 e. The number of nitrogens with one attached hydrogen (secondary N) is 2. The Bertz CT molecular complexity index is 1300. The lowest BCUT2D eigenvalue weighted by atomic mass is 10.1. The summed E-state index contributed by atoms with van der Waals surface area (Å²) in [6.45, 7) is -0.184. The van der Waals surface area contributed by atoms with Gasteiger partial charge in [0.25, 0.3) is 11.5 Å². The molecule has 0 atom stereocenters. The summed E-state index contributed by atoms with van der Waals surface area (Å²) in [5.74, 6) is 0.945. The van der Waals surface area contributed by atoms with Crippen molar-refractivity contribution < 1.29 is 14.3 Å². The van der Waals surface area contributed by atoms with Gasteiger partial charge < -0.3 is 19.8 Å². The second-order valence-electron chi connectivity index (χ2n) is 6.64. The number of rotatable bonds is 6. The number of aromatic amines is 1. The molecule has 1 amide bonds. The summed E-state index contributed by atoms with van der Waals surface area (Å²) in [5.41, 5.74) is 1.71. The number of methoxy groups -OCH3 is 1. The molecule has 8 heteroatoms. The van der Waals surface area contributed by atoms with Gasteiger partial charge in [0, 0.05) is 15.7 Å². The van der Waals surface area contributed by atoms with Crippen molar-refractivity contribution in [2.24, 2.45) is 0 Å². The predicted octanol–water partition coefficient (Wildman–Crippen LogP) is 4.38. The summed E-state index contributed by atoms with van der Waals surface area (Å²) in [5, 5.41) is 3.29. The molecule has 0 spiro atoms. The number of carbonyl (C=O) groups excluding carboxylic acids is 1. The molecule has 2 N–H and O–H groups in total. The van der Waals surface area contributed by atoms with Crippen molar-refractivity contribution in [3.05, 3.63) is 81.6 Å². The summed E-state index contributed by atoms with van der Waals surface area (Å²) in [4.78, 5) is 31.8. The minimum Gasteiger partial charge on any atom is -0.493 e. The number of amides is 1. The number of anilines is 1. The molecular weight excluding hydrogens is 462 g/mol. The maximum atomic E-state index is 12.3. The van der Waals surface area contributed by atoms with E-state index in [0.717, 1.165) is 4.47 Å². The predicted molar refractivity (Wildman–Crippen MR) is 123 cm³/mol. The van der Waals surface area contributed by atoms with Crippen LogP contribution in [0, 0.1) is 0 Å². The molecule has 3 aromatic carbocycles. The fraction of sp³-hybridized carbons (Fsp3) is 0.0870. The molecule has 4 rings (SSSR count). The topological polar surface area (TPSA) is 93.3 Å². The average molecular weight is 480 g/mol. The van der Waals surface area contributed by atoms with Crippen LogP contribution >= 0.6 is 15.9 Å².